The second-order valence-electron chi connectivity index (χ2n) is 4.05. The van der Waals surface area contributed by atoms with Crippen LogP contribution in [0, 0.1) is 27.0 Å². The summed E-state index contributed by atoms with van der Waals surface area (Å²) < 4.78 is 0. The van der Waals surface area contributed by atoms with Crippen molar-refractivity contribution in [3.8, 4) is 0 Å². The molecule has 2 aliphatic rings. The van der Waals surface area contributed by atoms with Crippen molar-refractivity contribution in [2.24, 2.45) is 0 Å². The maximum Gasteiger partial charge on any atom is 2.00 e. The van der Waals surface area contributed by atoms with E-state index in [9.17, 15) is 0 Å². The molecule has 118 valence electrons. The zero-order chi connectivity index (χ0) is 10.6. The molecule has 2 aliphatic carbocycles. The molecule has 0 spiro atoms. The van der Waals surface area contributed by atoms with E-state index < -0.39 is 0 Å². The van der Waals surface area contributed by atoms with Crippen LogP contribution in [0.5, 0.6) is 0 Å². The molecule has 2 rings (SSSR count). The van der Waals surface area contributed by atoms with Crippen LogP contribution in [0.4, 0.5) is 0 Å². The van der Waals surface area contributed by atoms with Gasteiger partial charge in [0, 0.05) is 0 Å². The van der Waals surface area contributed by atoms with Gasteiger partial charge in [-0.05, 0) is 11.0 Å². The van der Waals surface area contributed by atoms with Gasteiger partial charge in [0.05, 0.1) is 0 Å². The number of hydrogen-bond acceptors (Lipinski definition) is 0. The molecule has 0 nitrogen and oxygen atoms in total. The van der Waals surface area contributed by atoms with Crippen molar-refractivity contribution in [3.05, 3.63) is 61.4 Å². The summed E-state index contributed by atoms with van der Waals surface area (Å²) >= 11 is 0. The van der Waals surface area contributed by atoms with Gasteiger partial charge >= 0.3 is 26.2 Å². The normalized spacial score (nSPS) is 13.4. The zero-order valence-corrected chi connectivity index (χ0v) is 16.8. The van der Waals surface area contributed by atoms with Crippen molar-refractivity contribution in [2.75, 3.05) is 0 Å². The fourth-order valence-corrected chi connectivity index (χ4v) is 1.50. The van der Waals surface area contributed by atoms with E-state index in [2.05, 4.69) is 52.0 Å². The van der Waals surface area contributed by atoms with Crippen molar-refractivity contribution in [2.45, 2.75) is 40.5 Å². The zero-order valence-electron chi connectivity index (χ0n) is 12.8. The molecule has 0 aromatic rings. The molecule has 0 aromatic carbocycles. The largest absolute Gasteiger partial charge is 2.00 e. The van der Waals surface area contributed by atoms with Gasteiger partial charge in [0.2, 0.25) is 0 Å². The fourth-order valence-electron chi connectivity index (χ4n) is 1.50. The molecular formula is C16H28Cl2SiZr-4. The molecule has 0 aromatic heterocycles. The summed E-state index contributed by atoms with van der Waals surface area (Å²) in [6.45, 7) is 8.42. The Morgan fingerprint density at radius 3 is 1.05 bits per heavy atom. The van der Waals surface area contributed by atoms with Gasteiger partial charge in [0.1, 0.15) is 0 Å². The third-order valence-electron chi connectivity index (χ3n) is 2.22. The minimum atomic E-state index is 0. The SMILES string of the molecule is CC1=[C-]CC(C)=C1.CC1=[C-]CC(C)=C1.[CH3-].[CH3-].[Cl-].[Cl-].[SiH4].[Zr+2]. The molecule has 0 fully saturated rings. The Balaban J connectivity index is -0.0000000377. The van der Waals surface area contributed by atoms with Crippen LogP contribution in [-0.2, 0) is 26.2 Å². The number of halogens is 2. The van der Waals surface area contributed by atoms with Gasteiger partial charge in [-0.1, -0.05) is 27.7 Å². The summed E-state index contributed by atoms with van der Waals surface area (Å²) in [4.78, 5) is 0. The summed E-state index contributed by atoms with van der Waals surface area (Å²) in [5, 5.41) is 0. The van der Waals surface area contributed by atoms with Crippen LogP contribution < -0.4 is 24.8 Å². The molecule has 0 heterocycles. The molecule has 0 aliphatic heterocycles. The van der Waals surface area contributed by atoms with E-state index in [4.69, 9.17) is 0 Å². The molecule has 0 N–H and O–H groups in total. The fraction of sp³-hybridized carbons (Fsp3) is 0.375. The van der Waals surface area contributed by atoms with Gasteiger partial charge in [-0.2, -0.15) is 11.1 Å². The minimum Gasteiger partial charge on any atom is -1.00 e. The van der Waals surface area contributed by atoms with Crippen molar-refractivity contribution < 1.29 is 51.0 Å². The third-order valence-corrected chi connectivity index (χ3v) is 2.22. The summed E-state index contributed by atoms with van der Waals surface area (Å²) in [5.41, 5.74) is 5.44. The van der Waals surface area contributed by atoms with Crippen LogP contribution in [0.1, 0.15) is 40.5 Å². The van der Waals surface area contributed by atoms with Crippen molar-refractivity contribution in [1.82, 2.24) is 0 Å². The topological polar surface area (TPSA) is 0 Å². The van der Waals surface area contributed by atoms with Gasteiger partial charge < -0.3 is 39.7 Å². The molecule has 20 heavy (non-hydrogen) atoms. The number of allylic oxidation sites excluding steroid dienone is 8. The van der Waals surface area contributed by atoms with Crippen LogP contribution in [0.3, 0.4) is 0 Å². The van der Waals surface area contributed by atoms with Crippen molar-refractivity contribution in [1.29, 1.82) is 0 Å². The van der Waals surface area contributed by atoms with E-state index in [-0.39, 0.29) is 76.8 Å². The summed E-state index contributed by atoms with van der Waals surface area (Å²) in [6, 6.07) is 0. The molecule has 4 heteroatoms. The molecule has 0 amide bonds. The summed E-state index contributed by atoms with van der Waals surface area (Å²) in [6.07, 6.45) is 12.8. The Morgan fingerprint density at radius 1 is 0.750 bits per heavy atom. The second-order valence-corrected chi connectivity index (χ2v) is 4.05. The Labute approximate surface area is 163 Å². The minimum absolute atomic E-state index is 0. The number of hydrogen-bond donors (Lipinski definition) is 0. The van der Waals surface area contributed by atoms with Crippen LogP contribution in [-0.4, -0.2) is 11.0 Å². The Morgan fingerprint density at radius 2 is 1.00 bits per heavy atom. The molecule has 0 radical (unpaired) electrons. The van der Waals surface area contributed by atoms with Gasteiger partial charge in [0.15, 0.2) is 0 Å². The average Bonchev–Trinajstić information content (AvgIpc) is 2.63. The van der Waals surface area contributed by atoms with E-state index in [1.54, 1.807) is 0 Å². The van der Waals surface area contributed by atoms with Gasteiger partial charge in [0.25, 0.3) is 0 Å². The van der Waals surface area contributed by atoms with Gasteiger partial charge in [-0.25, -0.2) is 23.3 Å². The number of rotatable bonds is 0. The van der Waals surface area contributed by atoms with E-state index in [1.165, 1.54) is 22.3 Å². The van der Waals surface area contributed by atoms with Crippen molar-refractivity contribution in [3.63, 3.8) is 0 Å². The summed E-state index contributed by atoms with van der Waals surface area (Å²) in [5.74, 6) is 0. The second kappa shape index (κ2) is 19.6. The average molecular weight is 411 g/mol. The van der Waals surface area contributed by atoms with Crippen LogP contribution in [0.25, 0.3) is 0 Å². The standard InChI is InChI=1S/2C7H9.2CH3.2ClH.H4Si.Zr/c2*1-6-3-4-7(2)5-6;;;;;;/h2*5H,3H2,1-2H3;2*1H3;2*1H;1H4;/q4*-1;;;;+2/p-2. The Hall–Kier alpha value is 0.640. The van der Waals surface area contributed by atoms with Crippen LogP contribution in [0.2, 0.25) is 0 Å². The molecular weight excluding hydrogens is 382 g/mol. The van der Waals surface area contributed by atoms with E-state index in [0.29, 0.717) is 0 Å². The predicted octanol–water partition coefficient (Wildman–Crippen LogP) is -2.37. The predicted molar refractivity (Wildman–Crippen MR) is 85.8 cm³/mol. The third kappa shape index (κ3) is 16.7. The first-order valence-corrected chi connectivity index (χ1v) is 5.07. The molecule has 0 atom stereocenters. The maximum absolute atomic E-state index is 3.19. The van der Waals surface area contributed by atoms with E-state index >= 15 is 0 Å². The van der Waals surface area contributed by atoms with Crippen LogP contribution >= 0.6 is 0 Å². The first-order valence-electron chi connectivity index (χ1n) is 5.07. The molecule has 0 unspecified atom stereocenters. The molecule has 0 saturated heterocycles. The summed E-state index contributed by atoms with van der Waals surface area (Å²) in [7, 11) is 0. The van der Waals surface area contributed by atoms with E-state index in [1.807, 2.05) is 0 Å². The molecule has 0 saturated carbocycles. The van der Waals surface area contributed by atoms with Gasteiger partial charge in [-0.15, -0.1) is 12.8 Å². The first kappa shape index (κ1) is 37.1. The Kier molecular flexibility index (Phi) is 36.5. The van der Waals surface area contributed by atoms with Crippen LogP contribution in [0.15, 0.2) is 34.4 Å². The monoisotopic (exact) mass is 408 g/mol. The first-order chi connectivity index (χ1) is 6.58. The molecule has 0 bridgehead atoms. The maximum atomic E-state index is 3.19. The Bertz CT molecular complexity index is 308. The van der Waals surface area contributed by atoms with Gasteiger partial charge in [-0.3, -0.25) is 12.2 Å². The van der Waals surface area contributed by atoms with Crippen molar-refractivity contribution >= 4 is 11.0 Å². The quantitative estimate of drug-likeness (QED) is 0.309. The smallest absolute Gasteiger partial charge is 1.00 e. The van der Waals surface area contributed by atoms with E-state index in [0.717, 1.165) is 12.8 Å².